The van der Waals surface area contributed by atoms with Gasteiger partial charge >= 0.3 is 0 Å². The molecule has 0 saturated carbocycles. The Bertz CT molecular complexity index is 2180. The number of hydrogen-bond donors (Lipinski definition) is 0. The zero-order valence-corrected chi connectivity index (χ0v) is 21.0. The normalized spacial score (nSPS) is 11.6. The maximum absolute atomic E-state index is 6.34. The van der Waals surface area contributed by atoms with E-state index in [1.165, 1.54) is 10.8 Å². The summed E-state index contributed by atoms with van der Waals surface area (Å²) in [6.07, 6.45) is 0. The molecule has 0 bridgehead atoms. The summed E-state index contributed by atoms with van der Waals surface area (Å²) in [7, 11) is 0. The van der Waals surface area contributed by atoms with Crippen LogP contribution < -0.4 is 0 Å². The van der Waals surface area contributed by atoms with Gasteiger partial charge in [0.2, 0.25) is 0 Å². The summed E-state index contributed by atoms with van der Waals surface area (Å²) in [5.41, 5.74) is 9.64. The number of aromatic nitrogens is 2. The standard InChI is InChI=1S/C36H22N2O/c1-2-10-23(11-3-1)35-36(38-31-18-7-6-17-30(31)37-35)27-15-8-14-26(20-27)28-16-9-19-32-34(28)29-21-24-12-4-5-13-25(24)22-33(29)39-32/h1-22H. The molecule has 0 aliphatic heterocycles. The largest absolute Gasteiger partial charge is 0.456 e. The van der Waals surface area contributed by atoms with Crippen LogP contribution in [0.5, 0.6) is 0 Å². The molecule has 2 aromatic heterocycles. The van der Waals surface area contributed by atoms with Crippen molar-refractivity contribution in [3.63, 3.8) is 0 Å². The highest BCUT2D eigenvalue weighted by atomic mass is 16.3. The van der Waals surface area contributed by atoms with E-state index in [1.54, 1.807) is 0 Å². The molecule has 182 valence electrons. The molecule has 0 N–H and O–H groups in total. The van der Waals surface area contributed by atoms with Crippen LogP contribution in [0.1, 0.15) is 0 Å². The van der Waals surface area contributed by atoms with Crippen molar-refractivity contribution in [1.29, 1.82) is 0 Å². The predicted octanol–water partition coefficient (Wildman–Crippen LogP) is 9.68. The Morgan fingerprint density at radius 1 is 0.436 bits per heavy atom. The number of hydrogen-bond acceptors (Lipinski definition) is 3. The third-order valence-corrected chi connectivity index (χ3v) is 7.43. The summed E-state index contributed by atoms with van der Waals surface area (Å²) >= 11 is 0. The molecule has 0 atom stereocenters. The summed E-state index contributed by atoms with van der Waals surface area (Å²) in [5.74, 6) is 0. The molecular formula is C36H22N2O. The van der Waals surface area contributed by atoms with Crippen LogP contribution in [0.4, 0.5) is 0 Å². The lowest BCUT2D eigenvalue weighted by Crippen LogP contribution is -1.95. The second-order valence-corrected chi connectivity index (χ2v) is 9.83. The first kappa shape index (κ1) is 21.8. The van der Waals surface area contributed by atoms with Gasteiger partial charge in [-0.3, -0.25) is 0 Å². The van der Waals surface area contributed by atoms with Gasteiger partial charge < -0.3 is 4.42 Å². The van der Waals surface area contributed by atoms with Crippen molar-refractivity contribution in [2.45, 2.75) is 0 Å². The van der Waals surface area contributed by atoms with Crippen molar-refractivity contribution in [2.75, 3.05) is 0 Å². The molecule has 0 radical (unpaired) electrons. The van der Waals surface area contributed by atoms with Crippen LogP contribution in [0.25, 0.3) is 77.4 Å². The van der Waals surface area contributed by atoms with Crippen LogP contribution in [0.15, 0.2) is 138 Å². The van der Waals surface area contributed by atoms with Gasteiger partial charge in [-0.2, -0.15) is 0 Å². The number of rotatable bonds is 3. The molecule has 3 heteroatoms. The summed E-state index contributed by atoms with van der Waals surface area (Å²) in [6, 6.07) is 46.1. The van der Waals surface area contributed by atoms with Gasteiger partial charge in [0.25, 0.3) is 0 Å². The first-order valence-electron chi connectivity index (χ1n) is 13.1. The van der Waals surface area contributed by atoms with Crippen molar-refractivity contribution in [3.8, 4) is 33.6 Å². The van der Waals surface area contributed by atoms with E-state index >= 15 is 0 Å². The number of furan rings is 1. The molecule has 8 aromatic rings. The fourth-order valence-corrected chi connectivity index (χ4v) is 5.58. The van der Waals surface area contributed by atoms with E-state index in [0.717, 1.165) is 66.6 Å². The molecule has 8 rings (SSSR count). The van der Waals surface area contributed by atoms with E-state index in [9.17, 15) is 0 Å². The second kappa shape index (κ2) is 8.64. The smallest absolute Gasteiger partial charge is 0.136 e. The Morgan fingerprint density at radius 2 is 1.05 bits per heavy atom. The molecular weight excluding hydrogens is 476 g/mol. The summed E-state index contributed by atoms with van der Waals surface area (Å²) in [4.78, 5) is 10.2. The molecule has 0 spiro atoms. The Labute approximate surface area is 225 Å². The van der Waals surface area contributed by atoms with Gasteiger partial charge in [-0.15, -0.1) is 0 Å². The Balaban J connectivity index is 1.36. The lowest BCUT2D eigenvalue weighted by atomic mass is 9.95. The van der Waals surface area contributed by atoms with E-state index in [1.807, 2.05) is 42.5 Å². The van der Waals surface area contributed by atoms with Crippen LogP contribution in [-0.4, -0.2) is 9.97 Å². The minimum atomic E-state index is 0.872. The zero-order valence-electron chi connectivity index (χ0n) is 21.0. The van der Waals surface area contributed by atoms with Crippen LogP contribution in [0.3, 0.4) is 0 Å². The SMILES string of the molecule is c1ccc(-c2nc3ccccc3nc2-c2cccc(-c3cccc4oc5cc6ccccc6cc5c34)c2)cc1. The van der Waals surface area contributed by atoms with E-state index in [-0.39, 0.29) is 0 Å². The highest BCUT2D eigenvalue weighted by Crippen LogP contribution is 2.40. The van der Waals surface area contributed by atoms with Crippen molar-refractivity contribution < 1.29 is 4.42 Å². The van der Waals surface area contributed by atoms with Gasteiger partial charge in [0.15, 0.2) is 0 Å². The van der Waals surface area contributed by atoms with Gasteiger partial charge in [-0.1, -0.05) is 97.1 Å². The van der Waals surface area contributed by atoms with Gasteiger partial charge in [0, 0.05) is 21.9 Å². The third kappa shape index (κ3) is 3.59. The topological polar surface area (TPSA) is 38.9 Å². The molecule has 0 saturated heterocycles. The first-order chi connectivity index (χ1) is 19.3. The lowest BCUT2D eigenvalue weighted by molar-refractivity contribution is 0.669. The van der Waals surface area contributed by atoms with E-state index in [4.69, 9.17) is 14.4 Å². The lowest BCUT2D eigenvalue weighted by Gasteiger charge is -2.12. The van der Waals surface area contributed by atoms with Crippen LogP contribution >= 0.6 is 0 Å². The van der Waals surface area contributed by atoms with Crippen LogP contribution in [0, 0.1) is 0 Å². The summed E-state index contributed by atoms with van der Waals surface area (Å²) in [5, 5.41) is 4.63. The maximum atomic E-state index is 6.34. The van der Waals surface area contributed by atoms with Crippen LogP contribution in [-0.2, 0) is 0 Å². The molecule has 0 fully saturated rings. The number of para-hydroxylation sites is 2. The second-order valence-electron chi connectivity index (χ2n) is 9.83. The van der Waals surface area contributed by atoms with E-state index in [2.05, 4.69) is 91.0 Å². The third-order valence-electron chi connectivity index (χ3n) is 7.43. The molecule has 0 amide bonds. The quantitative estimate of drug-likeness (QED) is 0.243. The minimum Gasteiger partial charge on any atom is -0.456 e. The molecule has 6 aromatic carbocycles. The van der Waals surface area contributed by atoms with Gasteiger partial charge in [0.1, 0.15) is 11.2 Å². The van der Waals surface area contributed by atoms with Crippen molar-refractivity contribution in [3.05, 3.63) is 133 Å². The summed E-state index contributed by atoms with van der Waals surface area (Å²) in [6.45, 7) is 0. The zero-order chi connectivity index (χ0) is 25.8. The number of nitrogens with zero attached hydrogens (tertiary/aromatic N) is 2. The maximum Gasteiger partial charge on any atom is 0.136 e. The molecule has 0 aliphatic carbocycles. The van der Waals surface area contributed by atoms with E-state index < -0.39 is 0 Å². The highest BCUT2D eigenvalue weighted by molar-refractivity contribution is 6.15. The monoisotopic (exact) mass is 498 g/mol. The number of benzene rings is 6. The fraction of sp³-hybridized carbons (Fsp3) is 0. The van der Waals surface area contributed by atoms with Gasteiger partial charge in [-0.05, 0) is 58.3 Å². The highest BCUT2D eigenvalue weighted by Gasteiger charge is 2.16. The van der Waals surface area contributed by atoms with Gasteiger partial charge in [-0.25, -0.2) is 9.97 Å². The van der Waals surface area contributed by atoms with Gasteiger partial charge in [0.05, 0.1) is 22.4 Å². The molecule has 2 heterocycles. The predicted molar refractivity (Wildman–Crippen MR) is 161 cm³/mol. The molecule has 3 nitrogen and oxygen atoms in total. The number of fused-ring (bicyclic) bond motifs is 5. The van der Waals surface area contributed by atoms with Crippen molar-refractivity contribution in [1.82, 2.24) is 9.97 Å². The Hall–Kier alpha value is -5.28. The minimum absolute atomic E-state index is 0.872. The van der Waals surface area contributed by atoms with Crippen molar-refractivity contribution >= 4 is 43.7 Å². The van der Waals surface area contributed by atoms with Crippen LogP contribution in [0.2, 0.25) is 0 Å². The molecule has 0 aliphatic rings. The summed E-state index contributed by atoms with van der Waals surface area (Å²) < 4.78 is 6.34. The van der Waals surface area contributed by atoms with E-state index in [0.29, 0.717) is 0 Å². The molecule has 0 unspecified atom stereocenters. The Morgan fingerprint density at radius 3 is 1.85 bits per heavy atom. The Kier molecular flexibility index (Phi) is 4.82. The fourth-order valence-electron chi connectivity index (χ4n) is 5.58. The average molecular weight is 499 g/mol. The molecule has 39 heavy (non-hydrogen) atoms. The average Bonchev–Trinajstić information content (AvgIpc) is 3.37. The van der Waals surface area contributed by atoms with Crippen molar-refractivity contribution in [2.24, 2.45) is 0 Å². The first-order valence-corrected chi connectivity index (χ1v) is 13.1.